The Bertz CT molecular complexity index is 1810. The molecule has 0 atom stereocenters. The molecule has 4 heterocycles. The lowest BCUT2D eigenvalue weighted by Gasteiger charge is -2.36. The molecule has 0 saturated heterocycles. The predicted molar refractivity (Wildman–Crippen MR) is 164 cm³/mol. The minimum absolute atomic E-state index is 0.755. The summed E-state index contributed by atoms with van der Waals surface area (Å²) in [6.07, 6.45) is 10.8. The summed E-state index contributed by atoms with van der Waals surface area (Å²) in [5.41, 5.74) is 7.66. The molecule has 200 valence electrons. The third-order valence-corrected chi connectivity index (χ3v) is 7.47. The second-order valence-corrected chi connectivity index (χ2v) is 9.92. The lowest BCUT2D eigenvalue weighted by molar-refractivity contribution is 0.461. The fraction of sp³-hybridized carbons (Fsp3) is 0.0278. The van der Waals surface area contributed by atoms with Crippen molar-refractivity contribution in [1.29, 1.82) is 0 Å². The van der Waals surface area contributed by atoms with E-state index in [4.69, 9.17) is 10.1 Å². The number of rotatable bonds is 7. The minimum Gasteiger partial charge on any atom is -0.256 e. The average Bonchev–Trinajstić information content (AvgIpc) is 3.53. The van der Waals surface area contributed by atoms with Gasteiger partial charge in [0.2, 0.25) is 0 Å². The van der Waals surface area contributed by atoms with Crippen LogP contribution in [0.4, 0.5) is 0 Å². The lowest BCUT2D eigenvalue weighted by atomic mass is 9.77. The van der Waals surface area contributed by atoms with E-state index in [9.17, 15) is 0 Å². The zero-order chi connectivity index (χ0) is 28.2. The zero-order valence-electron chi connectivity index (χ0n) is 22.7. The fourth-order valence-electron chi connectivity index (χ4n) is 5.57. The summed E-state index contributed by atoms with van der Waals surface area (Å²) in [4.78, 5) is 17.7. The van der Waals surface area contributed by atoms with Crippen LogP contribution in [0.15, 0.2) is 159 Å². The average molecular weight is 543 g/mol. The highest BCUT2D eigenvalue weighted by Gasteiger charge is 2.40. The van der Waals surface area contributed by atoms with Gasteiger partial charge in [0.25, 0.3) is 0 Å². The van der Waals surface area contributed by atoms with E-state index in [2.05, 4.69) is 105 Å². The summed E-state index contributed by atoms with van der Waals surface area (Å²) in [6, 6.07) is 41.6. The molecular formula is C36H26N6. The Hall–Kier alpha value is -5.75. The Morgan fingerprint density at radius 2 is 1.10 bits per heavy atom. The van der Waals surface area contributed by atoms with Crippen molar-refractivity contribution in [3.63, 3.8) is 0 Å². The molecule has 0 N–H and O–H groups in total. The number of benzene rings is 3. The highest BCUT2D eigenvalue weighted by molar-refractivity contribution is 5.81. The van der Waals surface area contributed by atoms with Gasteiger partial charge in [-0.25, -0.2) is 9.97 Å². The maximum atomic E-state index is 5.37. The molecule has 0 radical (unpaired) electrons. The Morgan fingerprint density at radius 1 is 0.524 bits per heavy atom. The van der Waals surface area contributed by atoms with Crippen LogP contribution < -0.4 is 0 Å². The maximum absolute atomic E-state index is 5.37. The van der Waals surface area contributed by atoms with Crippen molar-refractivity contribution >= 4 is 0 Å². The highest BCUT2D eigenvalue weighted by Crippen LogP contribution is 2.43. The molecule has 6 heteroatoms. The molecule has 7 rings (SSSR count). The topological polar surface area (TPSA) is 69.4 Å². The van der Waals surface area contributed by atoms with Gasteiger partial charge in [-0.05, 0) is 46.5 Å². The monoisotopic (exact) mass is 542 g/mol. The number of nitrogens with zero attached hydrogens (tertiary/aromatic N) is 6. The quantitative estimate of drug-likeness (QED) is 0.198. The van der Waals surface area contributed by atoms with Gasteiger partial charge in [-0.15, -0.1) is 0 Å². The summed E-state index contributed by atoms with van der Waals surface area (Å²) in [7, 11) is 0. The molecule has 42 heavy (non-hydrogen) atoms. The maximum Gasteiger partial charge on any atom is 0.138 e. The first-order valence-corrected chi connectivity index (χ1v) is 13.7. The van der Waals surface area contributed by atoms with E-state index in [0.717, 1.165) is 50.5 Å². The van der Waals surface area contributed by atoms with Crippen LogP contribution in [0.2, 0.25) is 0 Å². The zero-order valence-corrected chi connectivity index (χ0v) is 22.7. The van der Waals surface area contributed by atoms with Crippen LogP contribution in [0.3, 0.4) is 0 Å². The Morgan fingerprint density at radius 3 is 1.67 bits per heavy atom. The van der Waals surface area contributed by atoms with E-state index >= 15 is 0 Å². The van der Waals surface area contributed by atoms with Gasteiger partial charge < -0.3 is 0 Å². The molecule has 0 fully saturated rings. The third kappa shape index (κ3) is 4.45. The van der Waals surface area contributed by atoms with Crippen LogP contribution in [0, 0.1) is 0 Å². The number of hydrogen-bond acceptors (Lipinski definition) is 5. The smallest absolute Gasteiger partial charge is 0.138 e. The van der Waals surface area contributed by atoms with E-state index in [1.165, 1.54) is 6.33 Å². The van der Waals surface area contributed by atoms with Gasteiger partial charge in [0.05, 0.1) is 11.4 Å². The number of aromatic nitrogens is 6. The molecule has 0 bridgehead atoms. The van der Waals surface area contributed by atoms with Crippen molar-refractivity contribution in [3.8, 4) is 33.8 Å². The Labute approximate surface area is 244 Å². The summed E-state index contributed by atoms with van der Waals surface area (Å²) in [6.45, 7) is 0. The largest absolute Gasteiger partial charge is 0.256 e. The molecule has 0 aliphatic carbocycles. The van der Waals surface area contributed by atoms with Crippen molar-refractivity contribution in [3.05, 3.63) is 175 Å². The fourth-order valence-corrected chi connectivity index (χ4v) is 5.57. The summed E-state index contributed by atoms with van der Waals surface area (Å²) < 4.78 is 2.10. The van der Waals surface area contributed by atoms with Gasteiger partial charge in [0.1, 0.15) is 17.6 Å². The molecule has 0 aliphatic heterocycles. The van der Waals surface area contributed by atoms with Gasteiger partial charge in [-0.2, -0.15) is 5.10 Å². The standard InChI is InChI=1S/C36H26N6/c1-4-12-29(13-5-1)36(30-14-6-2-7-15-30,31-16-8-3-9-17-31)42-25-32(35(41-42)33-18-10-11-20-39-33)27-19-21-40-34(22-27)28-23-37-26-38-24-28/h1-26H. The second kappa shape index (κ2) is 11.0. The molecule has 4 aromatic heterocycles. The van der Waals surface area contributed by atoms with Crippen molar-refractivity contribution in [1.82, 2.24) is 29.7 Å². The SMILES string of the molecule is c1ccc(C(c2ccccc2)(c2ccccc2)n2cc(-c3ccnc(-c4cncnc4)c3)c(-c3ccccn3)n2)cc1. The van der Waals surface area contributed by atoms with Crippen LogP contribution >= 0.6 is 0 Å². The number of pyridine rings is 2. The first-order chi connectivity index (χ1) is 20.8. The molecular weight excluding hydrogens is 516 g/mol. The van der Waals surface area contributed by atoms with Crippen LogP contribution in [0.1, 0.15) is 16.7 Å². The van der Waals surface area contributed by atoms with Crippen LogP contribution in [-0.4, -0.2) is 29.7 Å². The van der Waals surface area contributed by atoms with E-state index in [1.54, 1.807) is 18.6 Å². The third-order valence-electron chi connectivity index (χ3n) is 7.47. The second-order valence-electron chi connectivity index (χ2n) is 9.92. The van der Waals surface area contributed by atoms with E-state index in [0.29, 0.717) is 0 Å². The first kappa shape index (κ1) is 25.2. The van der Waals surface area contributed by atoms with E-state index in [-0.39, 0.29) is 0 Å². The van der Waals surface area contributed by atoms with Crippen molar-refractivity contribution in [2.45, 2.75) is 5.54 Å². The van der Waals surface area contributed by atoms with Gasteiger partial charge in [0, 0.05) is 42.1 Å². The summed E-state index contributed by atoms with van der Waals surface area (Å²) >= 11 is 0. The summed E-state index contributed by atoms with van der Waals surface area (Å²) in [5.74, 6) is 0. The number of hydrogen-bond donors (Lipinski definition) is 0. The molecule has 0 amide bonds. The van der Waals surface area contributed by atoms with Crippen molar-refractivity contribution in [2.24, 2.45) is 0 Å². The van der Waals surface area contributed by atoms with Crippen molar-refractivity contribution < 1.29 is 0 Å². The normalized spacial score (nSPS) is 11.3. The summed E-state index contributed by atoms with van der Waals surface area (Å²) in [5, 5.41) is 5.37. The molecule has 0 aliphatic rings. The van der Waals surface area contributed by atoms with E-state index < -0.39 is 5.54 Å². The highest BCUT2D eigenvalue weighted by atomic mass is 15.3. The molecule has 0 saturated carbocycles. The Balaban J connectivity index is 1.54. The Kier molecular flexibility index (Phi) is 6.62. The van der Waals surface area contributed by atoms with Gasteiger partial charge in [0.15, 0.2) is 0 Å². The lowest BCUT2D eigenvalue weighted by Crippen LogP contribution is -2.38. The van der Waals surface area contributed by atoms with Crippen molar-refractivity contribution in [2.75, 3.05) is 0 Å². The predicted octanol–water partition coefficient (Wildman–Crippen LogP) is 7.30. The van der Waals surface area contributed by atoms with Gasteiger partial charge in [-0.1, -0.05) is 97.1 Å². The molecule has 0 unspecified atom stereocenters. The molecule has 3 aromatic carbocycles. The molecule has 7 aromatic rings. The molecule has 6 nitrogen and oxygen atoms in total. The van der Waals surface area contributed by atoms with Crippen LogP contribution in [0.25, 0.3) is 33.8 Å². The minimum atomic E-state index is -0.755. The van der Waals surface area contributed by atoms with Gasteiger partial charge >= 0.3 is 0 Å². The van der Waals surface area contributed by atoms with Gasteiger partial charge in [-0.3, -0.25) is 14.6 Å². The first-order valence-electron chi connectivity index (χ1n) is 13.7. The molecule has 0 spiro atoms. The van der Waals surface area contributed by atoms with E-state index in [1.807, 2.05) is 48.7 Å². The van der Waals surface area contributed by atoms with Crippen LogP contribution in [0.5, 0.6) is 0 Å². The van der Waals surface area contributed by atoms with Crippen LogP contribution in [-0.2, 0) is 5.54 Å².